The summed E-state index contributed by atoms with van der Waals surface area (Å²) >= 11 is 11.9. The third kappa shape index (κ3) is 5.29. The van der Waals surface area contributed by atoms with Crippen molar-refractivity contribution in [1.82, 2.24) is 0 Å². The van der Waals surface area contributed by atoms with E-state index in [9.17, 15) is 14.9 Å². The molecule has 1 amide bonds. The van der Waals surface area contributed by atoms with Gasteiger partial charge in [0.25, 0.3) is 5.91 Å². The van der Waals surface area contributed by atoms with Crippen LogP contribution in [0.3, 0.4) is 0 Å². The van der Waals surface area contributed by atoms with Gasteiger partial charge in [-0.25, -0.2) is 0 Å². The van der Waals surface area contributed by atoms with Crippen LogP contribution < -0.4 is 15.8 Å². The predicted octanol–water partition coefficient (Wildman–Crippen LogP) is 5.46. The maximum atomic E-state index is 13.1. The third-order valence-electron chi connectivity index (χ3n) is 5.84. The molecule has 1 atom stereocenters. The Hall–Kier alpha value is -3.47. The van der Waals surface area contributed by atoms with Gasteiger partial charge in [0.05, 0.1) is 16.0 Å². The minimum Gasteiger partial charge on any atom is -0.484 e. The SMILES string of the molecule is CC1(C)CC(=O)C2=C(C1)OC(N)=C(C#N)C2c1cccc(OCC(=O)Nc2ccc(Cl)c(Cl)c2)c1. The number of ketones is 1. The lowest BCUT2D eigenvalue weighted by atomic mass is 9.70. The number of amides is 1. The number of allylic oxidation sites excluding steroid dienone is 3. The number of rotatable bonds is 5. The van der Waals surface area contributed by atoms with Crippen molar-refractivity contribution in [1.29, 1.82) is 5.26 Å². The fourth-order valence-electron chi connectivity index (χ4n) is 4.32. The average Bonchev–Trinajstić information content (AvgIpc) is 2.78. The lowest BCUT2D eigenvalue weighted by molar-refractivity contribution is -0.119. The molecule has 0 saturated carbocycles. The Balaban J connectivity index is 1.56. The molecule has 2 aromatic carbocycles. The van der Waals surface area contributed by atoms with Gasteiger partial charge in [0, 0.05) is 24.1 Å². The molecule has 1 aliphatic carbocycles. The Bertz CT molecular complexity index is 1320. The van der Waals surface area contributed by atoms with E-state index in [-0.39, 0.29) is 29.3 Å². The van der Waals surface area contributed by atoms with E-state index in [2.05, 4.69) is 11.4 Å². The number of halogens is 2. The Morgan fingerprint density at radius 1 is 1.23 bits per heavy atom. The Labute approximate surface area is 213 Å². The maximum Gasteiger partial charge on any atom is 0.262 e. The van der Waals surface area contributed by atoms with Crippen LogP contribution in [-0.4, -0.2) is 18.3 Å². The summed E-state index contributed by atoms with van der Waals surface area (Å²) in [7, 11) is 0. The van der Waals surface area contributed by atoms with Gasteiger partial charge in [-0.05, 0) is 41.3 Å². The summed E-state index contributed by atoms with van der Waals surface area (Å²) in [4.78, 5) is 25.5. The highest BCUT2D eigenvalue weighted by Gasteiger charge is 2.43. The van der Waals surface area contributed by atoms with E-state index >= 15 is 0 Å². The molecule has 0 saturated heterocycles. The number of carbonyl (C=O) groups is 2. The lowest BCUT2D eigenvalue weighted by Gasteiger charge is -2.37. The summed E-state index contributed by atoms with van der Waals surface area (Å²) in [5.41, 5.74) is 7.57. The van der Waals surface area contributed by atoms with Crippen molar-refractivity contribution in [3.05, 3.63) is 80.9 Å². The highest BCUT2D eigenvalue weighted by molar-refractivity contribution is 6.42. The zero-order chi connectivity index (χ0) is 25.3. The van der Waals surface area contributed by atoms with Crippen LogP contribution in [0.25, 0.3) is 0 Å². The molecule has 0 radical (unpaired) electrons. The molecule has 2 aromatic rings. The Morgan fingerprint density at radius 2 is 2.00 bits per heavy atom. The number of benzene rings is 2. The quantitative estimate of drug-likeness (QED) is 0.550. The summed E-state index contributed by atoms with van der Waals surface area (Å²) in [6.45, 7) is 3.72. The number of ether oxygens (including phenoxy) is 2. The van der Waals surface area contributed by atoms with Crippen molar-refractivity contribution >= 4 is 40.6 Å². The van der Waals surface area contributed by atoms with Gasteiger partial charge >= 0.3 is 0 Å². The van der Waals surface area contributed by atoms with Crippen LogP contribution in [0.1, 0.15) is 38.2 Å². The van der Waals surface area contributed by atoms with E-state index in [1.165, 1.54) is 0 Å². The van der Waals surface area contributed by atoms with Gasteiger partial charge in [-0.1, -0.05) is 49.2 Å². The van der Waals surface area contributed by atoms with Crippen LogP contribution in [0.4, 0.5) is 5.69 Å². The van der Waals surface area contributed by atoms with E-state index in [4.69, 9.17) is 38.4 Å². The summed E-state index contributed by atoms with van der Waals surface area (Å²) in [6.07, 6.45) is 0.879. The van der Waals surface area contributed by atoms with Gasteiger partial charge in [-0.2, -0.15) is 5.26 Å². The number of nitriles is 1. The zero-order valence-corrected chi connectivity index (χ0v) is 20.7. The molecule has 1 heterocycles. The molecule has 1 unspecified atom stereocenters. The summed E-state index contributed by atoms with van der Waals surface area (Å²) in [5.74, 6) is -0.236. The monoisotopic (exact) mass is 511 g/mol. The first kappa shape index (κ1) is 24.6. The lowest BCUT2D eigenvalue weighted by Crippen LogP contribution is -2.33. The maximum absolute atomic E-state index is 13.1. The molecule has 2 aliphatic rings. The molecular weight excluding hydrogens is 489 g/mol. The number of carbonyl (C=O) groups excluding carboxylic acids is 2. The second-order valence-corrected chi connectivity index (χ2v) is 10.1. The minimum atomic E-state index is -0.666. The van der Waals surface area contributed by atoms with Gasteiger partial charge in [-0.15, -0.1) is 0 Å². The van der Waals surface area contributed by atoms with Crippen molar-refractivity contribution in [2.45, 2.75) is 32.6 Å². The van der Waals surface area contributed by atoms with Crippen molar-refractivity contribution in [3.63, 3.8) is 0 Å². The molecule has 0 fully saturated rings. The molecule has 1 aliphatic heterocycles. The minimum absolute atomic E-state index is 0.00549. The average molecular weight is 512 g/mol. The second-order valence-electron chi connectivity index (χ2n) is 9.24. The molecule has 0 spiro atoms. The largest absolute Gasteiger partial charge is 0.484 e. The standard InChI is InChI=1S/C26H23Cl2N3O4/c1-26(2)10-20(32)24-21(11-26)35-25(30)17(12-29)23(24)14-4-3-5-16(8-14)34-13-22(33)31-15-6-7-18(27)19(28)9-15/h3-9,23H,10-11,13,30H2,1-2H3,(H,31,33). The van der Waals surface area contributed by atoms with Gasteiger partial charge < -0.3 is 20.5 Å². The van der Waals surface area contributed by atoms with E-state index in [1.54, 1.807) is 42.5 Å². The van der Waals surface area contributed by atoms with E-state index < -0.39 is 11.8 Å². The van der Waals surface area contributed by atoms with E-state index in [0.29, 0.717) is 51.2 Å². The second kappa shape index (κ2) is 9.65. The normalized spacial score (nSPS) is 18.9. The van der Waals surface area contributed by atoms with E-state index in [1.807, 2.05) is 13.8 Å². The van der Waals surface area contributed by atoms with Gasteiger partial charge in [0.15, 0.2) is 12.4 Å². The number of nitrogens with two attached hydrogens (primary N) is 1. The topological polar surface area (TPSA) is 114 Å². The molecule has 4 rings (SSSR count). The first-order chi connectivity index (χ1) is 16.6. The highest BCUT2D eigenvalue weighted by atomic mass is 35.5. The van der Waals surface area contributed by atoms with Crippen molar-refractivity contribution < 1.29 is 19.1 Å². The Kier molecular flexibility index (Phi) is 6.79. The zero-order valence-electron chi connectivity index (χ0n) is 19.2. The van der Waals surface area contributed by atoms with E-state index in [0.717, 1.165) is 0 Å². The first-order valence-electron chi connectivity index (χ1n) is 10.9. The van der Waals surface area contributed by atoms with Crippen LogP contribution in [-0.2, 0) is 14.3 Å². The van der Waals surface area contributed by atoms with Crippen LogP contribution in [0.15, 0.2) is 65.3 Å². The number of anilines is 1. The van der Waals surface area contributed by atoms with Gasteiger partial charge in [0.1, 0.15) is 23.2 Å². The van der Waals surface area contributed by atoms with Crippen LogP contribution in [0, 0.1) is 16.7 Å². The molecule has 0 bridgehead atoms. The molecule has 180 valence electrons. The number of nitrogens with one attached hydrogen (secondary N) is 1. The number of hydrogen-bond donors (Lipinski definition) is 2. The fourth-order valence-corrected chi connectivity index (χ4v) is 4.62. The summed E-state index contributed by atoms with van der Waals surface area (Å²) in [6, 6.07) is 13.8. The number of hydrogen-bond acceptors (Lipinski definition) is 6. The Morgan fingerprint density at radius 3 is 2.71 bits per heavy atom. The van der Waals surface area contributed by atoms with Crippen LogP contribution in [0.2, 0.25) is 10.0 Å². The van der Waals surface area contributed by atoms with Gasteiger partial charge in [-0.3, -0.25) is 9.59 Å². The van der Waals surface area contributed by atoms with Gasteiger partial charge in [0.2, 0.25) is 5.88 Å². The summed E-state index contributed by atoms with van der Waals surface area (Å²) in [5, 5.41) is 13.2. The third-order valence-corrected chi connectivity index (χ3v) is 6.58. The number of nitrogens with zero attached hydrogens (tertiary/aromatic N) is 1. The predicted molar refractivity (Wildman–Crippen MR) is 133 cm³/mol. The number of Topliss-reactive ketones (excluding diaryl/α,β-unsaturated/α-hetero) is 1. The van der Waals surface area contributed by atoms with Crippen LogP contribution >= 0.6 is 23.2 Å². The highest BCUT2D eigenvalue weighted by Crippen LogP contribution is 2.48. The molecule has 0 aromatic heterocycles. The first-order valence-corrected chi connectivity index (χ1v) is 11.6. The van der Waals surface area contributed by atoms with Crippen molar-refractivity contribution in [2.24, 2.45) is 11.1 Å². The molecule has 35 heavy (non-hydrogen) atoms. The molecular formula is C26H23Cl2N3O4. The molecule has 7 nitrogen and oxygen atoms in total. The fraction of sp³-hybridized carbons (Fsp3) is 0.269. The van der Waals surface area contributed by atoms with Crippen LogP contribution in [0.5, 0.6) is 5.75 Å². The van der Waals surface area contributed by atoms with Crippen molar-refractivity contribution in [3.8, 4) is 11.8 Å². The van der Waals surface area contributed by atoms with Crippen molar-refractivity contribution in [2.75, 3.05) is 11.9 Å². The molecule has 9 heteroatoms. The molecule has 3 N–H and O–H groups in total. The smallest absolute Gasteiger partial charge is 0.262 e. The summed E-state index contributed by atoms with van der Waals surface area (Å²) < 4.78 is 11.4.